The SMILES string of the molecule is CCOC(=O)[C@@H](C)Oc1ccc(C(=O)Nc2cc(C)ccc2OC)cc1. The zero-order chi connectivity index (χ0) is 19.1. The minimum atomic E-state index is -0.716. The number of aryl methyl sites for hydroxylation is 1. The minimum Gasteiger partial charge on any atom is -0.495 e. The van der Waals surface area contributed by atoms with E-state index in [4.69, 9.17) is 14.2 Å². The zero-order valence-electron chi connectivity index (χ0n) is 15.4. The highest BCUT2D eigenvalue weighted by molar-refractivity contribution is 6.05. The molecule has 1 amide bonds. The molecule has 0 aliphatic carbocycles. The van der Waals surface area contributed by atoms with E-state index in [2.05, 4.69) is 5.32 Å². The average molecular weight is 357 g/mol. The number of rotatable bonds is 7. The smallest absolute Gasteiger partial charge is 0.347 e. The summed E-state index contributed by atoms with van der Waals surface area (Å²) in [6.07, 6.45) is -0.716. The Morgan fingerprint density at radius 1 is 1.12 bits per heavy atom. The van der Waals surface area contributed by atoms with Crippen molar-refractivity contribution in [2.75, 3.05) is 19.0 Å². The van der Waals surface area contributed by atoms with Crippen LogP contribution >= 0.6 is 0 Å². The van der Waals surface area contributed by atoms with E-state index in [1.54, 1.807) is 51.3 Å². The molecule has 0 spiro atoms. The molecular weight excluding hydrogens is 334 g/mol. The lowest BCUT2D eigenvalue weighted by molar-refractivity contribution is -0.150. The van der Waals surface area contributed by atoms with Crippen molar-refractivity contribution in [3.63, 3.8) is 0 Å². The number of nitrogens with one attached hydrogen (secondary N) is 1. The zero-order valence-corrected chi connectivity index (χ0v) is 15.4. The summed E-state index contributed by atoms with van der Waals surface area (Å²) < 4.78 is 15.7. The van der Waals surface area contributed by atoms with Crippen molar-refractivity contribution in [3.05, 3.63) is 53.6 Å². The molecule has 6 nitrogen and oxygen atoms in total. The van der Waals surface area contributed by atoms with Crippen LogP contribution in [-0.4, -0.2) is 31.7 Å². The summed E-state index contributed by atoms with van der Waals surface area (Å²) in [5, 5.41) is 2.83. The van der Waals surface area contributed by atoms with Gasteiger partial charge in [0.2, 0.25) is 0 Å². The number of methoxy groups -OCH3 is 1. The summed E-state index contributed by atoms with van der Waals surface area (Å²) in [6.45, 7) is 5.59. The lowest BCUT2D eigenvalue weighted by Crippen LogP contribution is -2.26. The number of anilines is 1. The number of amides is 1. The van der Waals surface area contributed by atoms with E-state index in [1.807, 2.05) is 19.1 Å². The number of ether oxygens (including phenoxy) is 3. The third-order valence-corrected chi connectivity index (χ3v) is 3.65. The Hall–Kier alpha value is -3.02. The Labute approximate surface area is 153 Å². The minimum absolute atomic E-state index is 0.265. The molecule has 2 aromatic rings. The lowest BCUT2D eigenvalue weighted by Gasteiger charge is -2.14. The number of benzene rings is 2. The molecular formula is C20H23NO5. The molecule has 2 rings (SSSR count). The quantitative estimate of drug-likeness (QED) is 0.767. The molecule has 26 heavy (non-hydrogen) atoms. The molecule has 2 aromatic carbocycles. The number of esters is 1. The van der Waals surface area contributed by atoms with Gasteiger partial charge >= 0.3 is 5.97 Å². The topological polar surface area (TPSA) is 73.9 Å². The largest absolute Gasteiger partial charge is 0.495 e. The number of hydrogen-bond donors (Lipinski definition) is 1. The Morgan fingerprint density at radius 3 is 2.42 bits per heavy atom. The van der Waals surface area contributed by atoms with Gasteiger partial charge in [-0.25, -0.2) is 4.79 Å². The summed E-state index contributed by atoms with van der Waals surface area (Å²) in [4.78, 5) is 24.0. The van der Waals surface area contributed by atoms with Gasteiger partial charge in [0.15, 0.2) is 6.10 Å². The Morgan fingerprint density at radius 2 is 1.81 bits per heavy atom. The van der Waals surface area contributed by atoms with Crippen LogP contribution < -0.4 is 14.8 Å². The summed E-state index contributed by atoms with van der Waals surface area (Å²) >= 11 is 0. The predicted octanol–water partition coefficient (Wildman–Crippen LogP) is 3.59. The summed E-state index contributed by atoms with van der Waals surface area (Å²) in [7, 11) is 1.55. The van der Waals surface area contributed by atoms with Crippen molar-refractivity contribution in [1.29, 1.82) is 0 Å². The third kappa shape index (κ3) is 4.99. The van der Waals surface area contributed by atoms with Gasteiger partial charge in [-0.1, -0.05) is 6.07 Å². The van der Waals surface area contributed by atoms with Gasteiger partial charge in [0.1, 0.15) is 11.5 Å². The lowest BCUT2D eigenvalue weighted by atomic mass is 10.1. The monoisotopic (exact) mass is 357 g/mol. The van der Waals surface area contributed by atoms with E-state index in [0.29, 0.717) is 29.4 Å². The van der Waals surface area contributed by atoms with Crippen molar-refractivity contribution in [3.8, 4) is 11.5 Å². The second kappa shape index (κ2) is 8.89. The number of carbonyl (C=O) groups excluding carboxylic acids is 2. The van der Waals surface area contributed by atoms with Crippen molar-refractivity contribution in [2.24, 2.45) is 0 Å². The maximum absolute atomic E-state index is 12.4. The van der Waals surface area contributed by atoms with E-state index >= 15 is 0 Å². The first-order valence-corrected chi connectivity index (χ1v) is 8.34. The summed E-state index contributed by atoms with van der Waals surface area (Å²) in [5.74, 6) is 0.377. The second-order valence-electron chi connectivity index (χ2n) is 5.69. The van der Waals surface area contributed by atoms with Gasteiger partial charge in [-0.3, -0.25) is 4.79 Å². The fourth-order valence-corrected chi connectivity index (χ4v) is 2.31. The maximum Gasteiger partial charge on any atom is 0.347 e. The molecule has 0 radical (unpaired) electrons. The van der Waals surface area contributed by atoms with Gasteiger partial charge < -0.3 is 19.5 Å². The first-order chi connectivity index (χ1) is 12.4. The first-order valence-electron chi connectivity index (χ1n) is 8.34. The molecule has 1 atom stereocenters. The molecule has 0 saturated heterocycles. The van der Waals surface area contributed by atoms with Crippen LogP contribution in [0.3, 0.4) is 0 Å². The molecule has 0 aliphatic rings. The molecule has 0 heterocycles. The van der Waals surface area contributed by atoms with Crippen molar-refractivity contribution in [1.82, 2.24) is 0 Å². The molecule has 6 heteroatoms. The molecule has 0 aliphatic heterocycles. The standard InChI is InChI=1S/C20H23NO5/c1-5-25-20(23)14(3)26-16-9-7-15(8-10-16)19(22)21-17-12-13(2)6-11-18(17)24-4/h6-12,14H,5H2,1-4H3,(H,21,22)/t14-/m1/s1. The molecule has 0 fully saturated rings. The second-order valence-corrected chi connectivity index (χ2v) is 5.69. The van der Waals surface area contributed by atoms with Crippen LogP contribution in [0.25, 0.3) is 0 Å². The average Bonchev–Trinajstić information content (AvgIpc) is 2.62. The number of hydrogen-bond acceptors (Lipinski definition) is 5. The van der Waals surface area contributed by atoms with Crippen LogP contribution in [0.4, 0.5) is 5.69 Å². The van der Waals surface area contributed by atoms with E-state index in [-0.39, 0.29) is 5.91 Å². The molecule has 0 bridgehead atoms. The summed E-state index contributed by atoms with van der Waals surface area (Å²) in [5.41, 5.74) is 2.08. The fourth-order valence-electron chi connectivity index (χ4n) is 2.31. The van der Waals surface area contributed by atoms with Crippen LogP contribution in [0, 0.1) is 6.92 Å². The maximum atomic E-state index is 12.4. The Bertz CT molecular complexity index is 770. The normalized spacial score (nSPS) is 11.4. The van der Waals surface area contributed by atoms with Gasteiger partial charge in [-0.05, 0) is 62.7 Å². The third-order valence-electron chi connectivity index (χ3n) is 3.65. The van der Waals surface area contributed by atoms with E-state index in [0.717, 1.165) is 5.56 Å². The predicted molar refractivity (Wildman–Crippen MR) is 98.8 cm³/mol. The number of carbonyl (C=O) groups is 2. The molecule has 0 aromatic heterocycles. The van der Waals surface area contributed by atoms with Gasteiger partial charge in [-0.15, -0.1) is 0 Å². The van der Waals surface area contributed by atoms with Crippen LogP contribution in [0.2, 0.25) is 0 Å². The fraction of sp³-hybridized carbons (Fsp3) is 0.300. The Kier molecular flexibility index (Phi) is 6.60. The van der Waals surface area contributed by atoms with Gasteiger partial charge in [0.05, 0.1) is 19.4 Å². The van der Waals surface area contributed by atoms with Crippen LogP contribution in [0.1, 0.15) is 29.8 Å². The Balaban J connectivity index is 2.05. The first kappa shape index (κ1) is 19.3. The molecule has 0 unspecified atom stereocenters. The van der Waals surface area contributed by atoms with E-state index in [1.165, 1.54) is 0 Å². The van der Waals surface area contributed by atoms with Crippen LogP contribution in [0.5, 0.6) is 11.5 Å². The van der Waals surface area contributed by atoms with Crippen molar-refractivity contribution in [2.45, 2.75) is 26.9 Å². The highest BCUT2D eigenvalue weighted by atomic mass is 16.6. The highest BCUT2D eigenvalue weighted by Crippen LogP contribution is 2.26. The van der Waals surface area contributed by atoms with Gasteiger partial charge in [0, 0.05) is 5.56 Å². The van der Waals surface area contributed by atoms with E-state index in [9.17, 15) is 9.59 Å². The van der Waals surface area contributed by atoms with E-state index < -0.39 is 12.1 Å². The van der Waals surface area contributed by atoms with Gasteiger partial charge in [-0.2, -0.15) is 0 Å². The molecule has 138 valence electrons. The molecule has 0 saturated carbocycles. The summed E-state index contributed by atoms with van der Waals surface area (Å²) in [6, 6.07) is 12.1. The van der Waals surface area contributed by atoms with Crippen molar-refractivity contribution >= 4 is 17.6 Å². The van der Waals surface area contributed by atoms with Crippen LogP contribution in [-0.2, 0) is 9.53 Å². The van der Waals surface area contributed by atoms with Crippen LogP contribution in [0.15, 0.2) is 42.5 Å². The van der Waals surface area contributed by atoms with Crippen molar-refractivity contribution < 1.29 is 23.8 Å². The molecule has 1 N–H and O–H groups in total. The highest BCUT2D eigenvalue weighted by Gasteiger charge is 2.16. The van der Waals surface area contributed by atoms with Gasteiger partial charge in [0.25, 0.3) is 5.91 Å².